The van der Waals surface area contributed by atoms with Crippen LogP contribution in [0.1, 0.15) is 18.4 Å². The number of hydrogen-bond acceptors (Lipinski definition) is 3. The highest BCUT2D eigenvalue weighted by molar-refractivity contribution is 5.33. The van der Waals surface area contributed by atoms with E-state index in [4.69, 9.17) is 0 Å². The highest BCUT2D eigenvalue weighted by Gasteiger charge is 2.14. The number of alkyl halides is 2. The van der Waals surface area contributed by atoms with E-state index >= 15 is 0 Å². The van der Waals surface area contributed by atoms with E-state index in [1.807, 2.05) is 12.1 Å². The van der Waals surface area contributed by atoms with Gasteiger partial charge in [-0.25, -0.2) is 0 Å². The second-order valence-corrected chi connectivity index (χ2v) is 4.39. The van der Waals surface area contributed by atoms with Crippen LogP contribution in [0.5, 0.6) is 5.75 Å². The minimum atomic E-state index is -2.77. The van der Waals surface area contributed by atoms with Crippen LogP contribution in [0.3, 0.4) is 0 Å². The number of nitrogens with one attached hydrogen (secondary N) is 2. The molecule has 0 unspecified atom stereocenters. The average molecular weight is 256 g/mol. The van der Waals surface area contributed by atoms with Gasteiger partial charge in [0.2, 0.25) is 0 Å². The Hall–Kier alpha value is -1.20. The predicted octanol–water partition coefficient (Wildman–Crippen LogP) is 2.13. The van der Waals surface area contributed by atoms with Gasteiger partial charge in [0.1, 0.15) is 5.75 Å². The monoisotopic (exact) mass is 256 g/mol. The van der Waals surface area contributed by atoms with Gasteiger partial charge >= 0.3 is 6.61 Å². The van der Waals surface area contributed by atoms with Gasteiger partial charge in [0.05, 0.1) is 0 Å². The summed E-state index contributed by atoms with van der Waals surface area (Å²) in [5.74, 6) is 0.258. The second-order valence-electron chi connectivity index (χ2n) is 4.39. The number of rotatable bonds is 5. The summed E-state index contributed by atoms with van der Waals surface area (Å²) in [5, 5.41) is 6.67. The zero-order valence-corrected chi connectivity index (χ0v) is 10.2. The summed E-state index contributed by atoms with van der Waals surface area (Å²) >= 11 is 0. The zero-order chi connectivity index (χ0) is 12.8. The Kier molecular flexibility index (Phi) is 4.90. The molecule has 1 aromatic carbocycles. The summed E-state index contributed by atoms with van der Waals surface area (Å²) in [6.45, 7) is -0.196. The number of para-hydroxylation sites is 1. The molecule has 0 saturated carbocycles. The van der Waals surface area contributed by atoms with Crippen molar-refractivity contribution in [3.8, 4) is 5.75 Å². The molecule has 1 heterocycles. The van der Waals surface area contributed by atoms with Gasteiger partial charge in [0.15, 0.2) is 0 Å². The summed E-state index contributed by atoms with van der Waals surface area (Å²) in [7, 11) is 0. The molecule has 1 aliphatic rings. The third-order valence-electron chi connectivity index (χ3n) is 3.11. The molecule has 100 valence electrons. The topological polar surface area (TPSA) is 33.3 Å². The molecule has 1 fully saturated rings. The van der Waals surface area contributed by atoms with Gasteiger partial charge in [-0.05, 0) is 32.0 Å². The Morgan fingerprint density at radius 2 is 2.00 bits per heavy atom. The average Bonchev–Trinajstić information content (AvgIpc) is 2.38. The first-order valence-electron chi connectivity index (χ1n) is 6.22. The molecular weight excluding hydrogens is 238 g/mol. The number of hydrogen-bond donors (Lipinski definition) is 2. The fourth-order valence-electron chi connectivity index (χ4n) is 2.14. The second kappa shape index (κ2) is 6.66. The summed E-state index contributed by atoms with van der Waals surface area (Å²) in [5.41, 5.74) is 0.774. The molecule has 1 saturated heterocycles. The maximum Gasteiger partial charge on any atom is 0.387 e. The van der Waals surface area contributed by atoms with Crippen molar-refractivity contribution >= 4 is 0 Å². The van der Waals surface area contributed by atoms with E-state index in [-0.39, 0.29) is 5.75 Å². The van der Waals surface area contributed by atoms with E-state index in [9.17, 15) is 8.78 Å². The minimum absolute atomic E-state index is 0.258. The van der Waals surface area contributed by atoms with Crippen LogP contribution in [-0.2, 0) is 6.54 Å². The quantitative estimate of drug-likeness (QED) is 0.846. The lowest BCUT2D eigenvalue weighted by Crippen LogP contribution is -2.39. The highest BCUT2D eigenvalue weighted by atomic mass is 19.3. The van der Waals surface area contributed by atoms with Crippen molar-refractivity contribution in [2.75, 3.05) is 13.1 Å². The van der Waals surface area contributed by atoms with Crippen molar-refractivity contribution in [3.05, 3.63) is 29.8 Å². The summed E-state index contributed by atoms with van der Waals surface area (Å²) in [6, 6.07) is 7.37. The normalized spacial score (nSPS) is 17.1. The minimum Gasteiger partial charge on any atom is -0.434 e. The molecule has 5 heteroatoms. The lowest BCUT2D eigenvalue weighted by atomic mass is 10.1. The van der Waals surface area contributed by atoms with E-state index in [2.05, 4.69) is 15.4 Å². The van der Waals surface area contributed by atoms with Crippen molar-refractivity contribution in [1.82, 2.24) is 10.6 Å². The number of benzene rings is 1. The van der Waals surface area contributed by atoms with Crippen LogP contribution in [0.25, 0.3) is 0 Å². The molecule has 2 rings (SSSR count). The lowest BCUT2D eigenvalue weighted by molar-refractivity contribution is -0.0505. The Morgan fingerprint density at radius 1 is 1.28 bits per heavy atom. The molecule has 0 atom stereocenters. The van der Waals surface area contributed by atoms with Crippen LogP contribution in [0.15, 0.2) is 24.3 Å². The largest absolute Gasteiger partial charge is 0.434 e. The molecule has 1 aromatic rings. The molecule has 1 aliphatic heterocycles. The summed E-state index contributed by atoms with van der Waals surface area (Å²) in [6.07, 6.45) is 2.13. The number of halogens is 2. The predicted molar refractivity (Wildman–Crippen MR) is 65.8 cm³/mol. The third kappa shape index (κ3) is 3.92. The van der Waals surface area contributed by atoms with Crippen LogP contribution in [0, 0.1) is 0 Å². The Morgan fingerprint density at radius 3 is 2.72 bits per heavy atom. The molecule has 0 bridgehead atoms. The maximum atomic E-state index is 12.2. The molecule has 0 aromatic heterocycles. The fraction of sp³-hybridized carbons (Fsp3) is 0.538. The molecule has 0 radical (unpaired) electrons. The van der Waals surface area contributed by atoms with Crippen LogP contribution in [0.2, 0.25) is 0 Å². The van der Waals surface area contributed by atoms with E-state index in [0.29, 0.717) is 12.6 Å². The van der Waals surface area contributed by atoms with Crippen molar-refractivity contribution in [1.29, 1.82) is 0 Å². The molecule has 0 amide bonds. The molecule has 2 N–H and O–H groups in total. The van der Waals surface area contributed by atoms with Crippen molar-refractivity contribution in [3.63, 3.8) is 0 Å². The zero-order valence-electron chi connectivity index (χ0n) is 10.2. The van der Waals surface area contributed by atoms with Gasteiger partial charge in [0, 0.05) is 18.2 Å². The molecule has 3 nitrogen and oxygen atoms in total. The van der Waals surface area contributed by atoms with Gasteiger partial charge in [-0.3, -0.25) is 0 Å². The van der Waals surface area contributed by atoms with Gasteiger partial charge in [-0.15, -0.1) is 0 Å². The Labute approximate surface area is 106 Å². The number of ether oxygens (including phenoxy) is 1. The molecule has 0 spiro atoms. The Balaban J connectivity index is 1.91. The van der Waals surface area contributed by atoms with Gasteiger partial charge < -0.3 is 15.4 Å². The highest BCUT2D eigenvalue weighted by Crippen LogP contribution is 2.20. The first kappa shape index (κ1) is 13.2. The number of piperidine rings is 1. The molecule has 0 aliphatic carbocycles. The fourth-order valence-corrected chi connectivity index (χ4v) is 2.14. The molecule has 18 heavy (non-hydrogen) atoms. The molecular formula is C13H18F2N2O. The van der Waals surface area contributed by atoms with Gasteiger partial charge in [-0.2, -0.15) is 8.78 Å². The van der Waals surface area contributed by atoms with Crippen molar-refractivity contribution in [2.24, 2.45) is 0 Å². The van der Waals surface area contributed by atoms with E-state index < -0.39 is 6.61 Å². The van der Waals surface area contributed by atoms with Crippen LogP contribution in [-0.4, -0.2) is 25.7 Å². The van der Waals surface area contributed by atoms with Gasteiger partial charge in [-0.1, -0.05) is 18.2 Å². The summed E-state index contributed by atoms with van der Waals surface area (Å²) in [4.78, 5) is 0. The Bertz CT molecular complexity index is 368. The first-order valence-corrected chi connectivity index (χ1v) is 6.22. The van der Waals surface area contributed by atoms with E-state index in [0.717, 1.165) is 31.5 Å². The van der Waals surface area contributed by atoms with Crippen molar-refractivity contribution < 1.29 is 13.5 Å². The van der Waals surface area contributed by atoms with E-state index in [1.165, 1.54) is 0 Å². The summed E-state index contributed by atoms with van der Waals surface area (Å²) < 4.78 is 29.0. The van der Waals surface area contributed by atoms with Gasteiger partial charge in [0.25, 0.3) is 0 Å². The SMILES string of the molecule is FC(F)Oc1ccccc1CNC1CCNCC1. The standard InChI is InChI=1S/C13H18F2N2O/c14-13(15)18-12-4-2-1-3-10(12)9-17-11-5-7-16-8-6-11/h1-4,11,13,16-17H,5-9H2. The van der Waals surface area contributed by atoms with E-state index in [1.54, 1.807) is 12.1 Å². The third-order valence-corrected chi connectivity index (χ3v) is 3.11. The lowest BCUT2D eigenvalue weighted by Gasteiger charge is -2.24. The smallest absolute Gasteiger partial charge is 0.387 e. The van der Waals surface area contributed by atoms with Crippen LogP contribution < -0.4 is 15.4 Å². The van der Waals surface area contributed by atoms with Crippen LogP contribution in [0.4, 0.5) is 8.78 Å². The maximum absolute atomic E-state index is 12.2. The van der Waals surface area contributed by atoms with Crippen molar-refractivity contribution in [2.45, 2.75) is 32.0 Å². The first-order chi connectivity index (χ1) is 8.75. The van der Waals surface area contributed by atoms with Crippen LogP contribution >= 0.6 is 0 Å².